The molecule has 1 saturated heterocycles. The Kier molecular flexibility index (Phi) is 8.47. The molecule has 0 aliphatic carbocycles. The fourth-order valence-electron chi connectivity index (χ4n) is 2.48. The second-order valence-corrected chi connectivity index (χ2v) is 7.70. The number of unbranched alkanes of at least 4 members (excludes halogenated alkanes) is 1. The first-order valence-electron chi connectivity index (χ1n) is 9.00. The minimum Gasteiger partial charge on any atom is -0.497 e. The van der Waals surface area contributed by atoms with E-state index in [-0.39, 0.29) is 11.8 Å². The van der Waals surface area contributed by atoms with Crippen LogP contribution in [0.15, 0.2) is 59.7 Å². The van der Waals surface area contributed by atoms with Gasteiger partial charge in [-0.05, 0) is 42.8 Å². The maximum absolute atomic E-state index is 12.4. The summed E-state index contributed by atoms with van der Waals surface area (Å²) in [6.07, 6.45) is 10.7. The number of hydrogen-bond acceptors (Lipinski definition) is 5. The van der Waals surface area contributed by atoms with E-state index in [0.717, 1.165) is 24.3 Å². The largest absolute Gasteiger partial charge is 0.497 e. The van der Waals surface area contributed by atoms with E-state index in [1.165, 1.54) is 23.6 Å². The number of methoxy groups -OCH3 is 1. The molecule has 0 N–H and O–H groups in total. The topological polar surface area (TPSA) is 49.9 Å². The van der Waals surface area contributed by atoms with E-state index in [4.69, 9.17) is 17.0 Å². The highest BCUT2D eigenvalue weighted by Crippen LogP contribution is 2.31. The molecule has 1 aliphatic rings. The fourth-order valence-corrected chi connectivity index (χ4v) is 3.74. The Labute approximate surface area is 175 Å². The van der Waals surface area contributed by atoms with Gasteiger partial charge in [0, 0.05) is 25.4 Å². The van der Waals surface area contributed by atoms with E-state index in [0.29, 0.717) is 15.8 Å². The quantitative estimate of drug-likeness (QED) is 0.350. The number of carbonyl (C=O) groups excluding carboxylic acids is 2. The van der Waals surface area contributed by atoms with Gasteiger partial charge >= 0.3 is 0 Å². The van der Waals surface area contributed by atoms with Crippen molar-refractivity contribution in [2.75, 3.05) is 18.6 Å². The number of ether oxygens (including phenoxy) is 1. The third kappa shape index (κ3) is 5.81. The molecule has 28 heavy (non-hydrogen) atoms. The molecule has 0 spiro atoms. The zero-order chi connectivity index (χ0) is 20.5. The van der Waals surface area contributed by atoms with Gasteiger partial charge in [0.15, 0.2) is 0 Å². The average molecular weight is 417 g/mol. The monoisotopic (exact) mass is 416 g/mol. The Hall–Kier alpha value is -2.38. The van der Waals surface area contributed by atoms with Crippen LogP contribution in [0, 0.1) is 0 Å². The summed E-state index contributed by atoms with van der Waals surface area (Å²) in [5.74, 6) is 0.583. The van der Waals surface area contributed by atoms with Crippen LogP contribution in [0.2, 0.25) is 0 Å². The van der Waals surface area contributed by atoms with Crippen LogP contribution in [0.4, 0.5) is 5.69 Å². The van der Waals surface area contributed by atoms with Crippen LogP contribution >= 0.6 is 24.0 Å². The first-order valence-corrected chi connectivity index (χ1v) is 10.2. The van der Waals surface area contributed by atoms with Crippen LogP contribution in [-0.2, 0) is 9.59 Å². The average Bonchev–Trinajstić information content (AvgIpc) is 2.96. The fraction of sp³-hybridized carbons (Fsp3) is 0.286. The van der Waals surface area contributed by atoms with Gasteiger partial charge in [0.05, 0.1) is 12.0 Å². The van der Waals surface area contributed by atoms with Crippen LogP contribution in [-0.4, -0.2) is 34.7 Å². The Morgan fingerprint density at radius 3 is 2.57 bits per heavy atom. The third-order valence-electron chi connectivity index (χ3n) is 4.00. The molecule has 1 heterocycles. The molecule has 0 radical (unpaired) electrons. The maximum atomic E-state index is 12.4. The van der Waals surface area contributed by atoms with E-state index in [9.17, 15) is 9.59 Å². The molecule has 2 amide bonds. The van der Waals surface area contributed by atoms with E-state index in [1.807, 2.05) is 12.1 Å². The summed E-state index contributed by atoms with van der Waals surface area (Å²) in [6, 6.07) is 7.23. The van der Waals surface area contributed by atoms with E-state index in [1.54, 1.807) is 54.6 Å². The van der Waals surface area contributed by atoms with Crippen molar-refractivity contribution in [2.45, 2.75) is 26.7 Å². The van der Waals surface area contributed by atoms with Crippen LogP contribution < -0.4 is 9.64 Å². The van der Waals surface area contributed by atoms with E-state index >= 15 is 0 Å². The lowest BCUT2D eigenvalue weighted by molar-refractivity contribution is -0.122. The van der Waals surface area contributed by atoms with Crippen molar-refractivity contribution in [3.8, 4) is 5.75 Å². The first-order chi connectivity index (χ1) is 13.5. The summed E-state index contributed by atoms with van der Waals surface area (Å²) in [4.78, 5) is 28.1. The van der Waals surface area contributed by atoms with Gasteiger partial charge in [-0.3, -0.25) is 19.4 Å². The second-order valence-electron chi connectivity index (χ2n) is 6.02. The molecular weight excluding hydrogens is 392 g/mol. The van der Waals surface area contributed by atoms with Gasteiger partial charge in [-0.25, -0.2) is 0 Å². The number of thiocarbonyl (C=S) groups is 1. The Morgan fingerprint density at radius 2 is 1.96 bits per heavy atom. The number of hydrogen-bond donors (Lipinski definition) is 0. The standard InChI is InChI=1S/C21H24N2O3S2/c1-4-5-14-23-20(25)19(28-21(23)27)9-7-6-8-15-22(16(2)24)17-10-12-18(26-3)13-11-17/h6-13,15H,4-5,14H2,1-3H3/b7-6+,15-8+,19-9+. The molecule has 0 bridgehead atoms. The van der Waals surface area contributed by atoms with Gasteiger partial charge in [0.1, 0.15) is 10.1 Å². The molecule has 1 aromatic rings. The summed E-state index contributed by atoms with van der Waals surface area (Å²) in [5, 5.41) is 0. The molecule has 2 rings (SSSR count). The number of rotatable bonds is 8. The molecule has 1 aromatic carbocycles. The summed E-state index contributed by atoms with van der Waals surface area (Å²) < 4.78 is 5.74. The lowest BCUT2D eigenvalue weighted by Gasteiger charge is -2.16. The molecule has 0 aromatic heterocycles. The second kappa shape index (κ2) is 10.8. The Bertz CT molecular complexity index is 813. The lowest BCUT2D eigenvalue weighted by atomic mass is 10.2. The van der Waals surface area contributed by atoms with Crippen LogP contribution in [0.25, 0.3) is 0 Å². The summed E-state index contributed by atoms with van der Waals surface area (Å²) >= 11 is 6.60. The van der Waals surface area contributed by atoms with E-state index in [2.05, 4.69) is 6.92 Å². The molecule has 1 aliphatic heterocycles. The van der Waals surface area contributed by atoms with Gasteiger partial charge in [0.2, 0.25) is 5.91 Å². The zero-order valence-electron chi connectivity index (χ0n) is 16.3. The number of amides is 2. The first kappa shape index (κ1) is 21.9. The van der Waals surface area contributed by atoms with E-state index < -0.39 is 0 Å². The highest BCUT2D eigenvalue weighted by Gasteiger charge is 2.30. The summed E-state index contributed by atoms with van der Waals surface area (Å²) in [5.41, 5.74) is 0.745. The van der Waals surface area contributed by atoms with Gasteiger partial charge in [-0.15, -0.1) is 0 Å². The third-order valence-corrected chi connectivity index (χ3v) is 5.40. The normalized spacial score (nSPS) is 16.0. The SMILES string of the molecule is CCCCN1C(=O)\C(=C/C=C/C=C/N(C(C)=O)c2ccc(OC)cc2)SC1=S. The molecule has 7 heteroatoms. The minimum atomic E-state index is -0.105. The molecule has 0 atom stereocenters. The predicted octanol–water partition coefficient (Wildman–Crippen LogP) is 4.66. The molecule has 0 saturated carbocycles. The van der Waals surface area contributed by atoms with Crippen molar-refractivity contribution in [1.82, 2.24) is 4.90 Å². The van der Waals surface area contributed by atoms with Gasteiger partial charge < -0.3 is 4.74 Å². The minimum absolute atomic E-state index is 0.0410. The zero-order valence-corrected chi connectivity index (χ0v) is 17.9. The number of thioether (sulfide) groups is 1. The van der Waals surface area contributed by atoms with Gasteiger partial charge in [-0.1, -0.05) is 49.5 Å². The van der Waals surface area contributed by atoms with Crippen LogP contribution in [0.5, 0.6) is 5.75 Å². The molecule has 0 unspecified atom stereocenters. The van der Waals surface area contributed by atoms with Crippen molar-refractivity contribution >= 4 is 45.8 Å². The smallest absolute Gasteiger partial charge is 0.266 e. The molecule has 1 fully saturated rings. The lowest BCUT2D eigenvalue weighted by Crippen LogP contribution is -2.28. The summed E-state index contributed by atoms with van der Waals surface area (Å²) in [6.45, 7) is 4.25. The highest BCUT2D eigenvalue weighted by atomic mass is 32.2. The number of benzene rings is 1. The molecular formula is C21H24N2O3S2. The van der Waals surface area contributed by atoms with Gasteiger partial charge in [0.25, 0.3) is 5.91 Å². The highest BCUT2D eigenvalue weighted by molar-refractivity contribution is 8.26. The molecule has 148 valence electrons. The van der Waals surface area contributed by atoms with Crippen molar-refractivity contribution < 1.29 is 14.3 Å². The van der Waals surface area contributed by atoms with Crippen molar-refractivity contribution in [1.29, 1.82) is 0 Å². The summed E-state index contributed by atoms with van der Waals surface area (Å²) in [7, 11) is 1.60. The predicted molar refractivity (Wildman–Crippen MR) is 119 cm³/mol. The van der Waals surface area contributed by atoms with Crippen molar-refractivity contribution in [3.63, 3.8) is 0 Å². The number of nitrogens with zero attached hydrogens (tertiary/aromatic N) is 2. The number of anilines is 1. The van der Waals surface area contributed by atoms with Crippen LogP contribution in [0.3, 0.4) is 0 Å². The van der Waals surface area contributed by atoms with Crippen LogP contribution in [0.1, 0.15) is 26.7 Å². The van der Waals surface area contributed by atoms with Crippen molar-refractivity contribution in [3.05, 3.63) is 59.7 Å². The van der Waals surface area contributed by atoms with Crippen molar-refractivity contribution in [2.24, 2.45) is 0 Å². The molecule has 5 nitrogen and oxygen atoms in total. The number of carbonyl (C=O) groups is 2. The maximum Gasteiger partial charge on any atom is 0.266 e. The Morgan fingerprint density at radius 1 is 1.25 bits per heavy atom. The Balaban J connectivity index is 2.02. The number of allylic oxidation sites excluding steroid dienone is 4. The van der Waals surface area contributed by atoms with Gasteiger partial charge in [-0.2, -0.15) is 0 Å².